The third-order valence-corrected chi connectivity index (χ3v) is 3.24. The third kappa shape index (κ3) is 2.46. The van der Waals surface area contributed by atoms with Gasteiger partial charge in [0, 0.05) is 20.1 Å². The Balaban J connectivity index is 2.22. The van der Waals surface area contributed by atoms with E-state index in [1.165, 1.54) is 7.05 Å². The molecule has 0 spiro atoms. The maximum Gasteiger partial charge on any atom is 0.283 e. The maximum atomic E-state index is 12.8. The molecular formula is C10H13ClF2N4O. The van der Waals surface area contributed by atoms with Gasteiger partial charge in [-0.05, 0) is 12.8 Å². The minimum absolute atomic E-state index is 0.0815. The van der Waals surface area contributed by atoms with Crippen molar-refractivity contribution in [2.45, 2.75) is 19.3 Å². The van der Waals surface area contributed by atoms with Gasteiger partial charge in [0.1, 0.15) is 16.4 Å². The van der Waals surface area contributed by atoms with Gasteiger partial charge < -0.3 is 0 Å². The van der Waals surface area contributed by atoms with Crippen molar-refractivity contribution in [1.82, 2.24) is 20.2 Å². The molecule has 0 aromatic carbocycles. The van der Waals surface area contributed by atoms with Crippen LogP contribution < -0.4 is 5.43 Å². The van der Waals surface area contributed by atoms with Gasteiger partial charge >= 0.3 is 0 Å². The normalized spacial score (nSPS) is 16.5. The molecule has 0 radical (unpaired) electrons. The van der Waals surface area contributed by atoms with E-state index in [2.05, 4.69) is 10.5 Å². The fraction of sp³-hybridized carbons (Fsp3) is 0.600. The molecule has 1 aromatic heterocycles. The molecule has 1 N–H and O–H groups in total. The molecule has 1 amide bonds. The summed E-state index contributed by atoms with van der Waals surface area (Å²) >= 11 is 5.83. The van der Waals surface area contributed by atoms with E-state index in [4.69, 9.17) is 11.6 Å². The van der Waals surface area contributed by atoms with Crippen molar-refractivity contribution in [3.8, 4) is 0 Å². The monoisotopic (exact) mass is 278 g/mol. The Morgan fingerprint density at radius 3 is 2.61 bits per heavy atom. The van der Waals surface area contributed by atoms with Gasteiger partial charge in [-0.2, -0.15) is 5.10 Å². The number of rotatable bonds is 3. The number of aromatic nitrogens is 2. The molecule has 18 heavy (non-hydrogen) atoms. The van der Waals surface area contributed by atoms with Crippen molar-refractivity contribution in [3.05, 3.63) is 16.4 Å². The Labute approximate surface area is 108 Å². The fourth-order valence-corrected chi connectivity index (χ4v) is 2.13. The molecule has 0 aliphatic carbocycles. The van der Waals surface area contributed by atoms with E-state index in [0.29, 0.717) is 13.1 Å². The van der Waals surface area contributed by atoms with Crippen LogP contribution in [0.15, 0.2) is 0 Å². The summed E-state index contributed by atoms with van der Waals surface area (Å²) in [5.74, 6) is -0.634. The van der Waals surface area contributed by atoms with Gasteiger partial charge in [0.25, 0.3) is 12.3 Å². The highest BCUT2D eigenvalue weighted by Crippen LogP contribution is 2.27. The average Bonchev–Trinajstić information content (AvgIpc) is 2.88. The molecule has 100 valence electrons. The molecule has 1 aromatic rings. The summed E-state index contributed by atoms with van der Waals surface area (Å²) in [4.78, 5) is 11.9. The number of alkyl halides is 2. The van der Waals surface area contributed by atoms with Crippen molar-refractivity contribution in [3.63, 3.8) is 0 Å². The van der Waals surface area contributed by atoms with Crippen LogP contribution >= 0.6 is 11.6 Å². The minimum atomic E-state index is -2.83. The van der Waals surface area contributed by atoms with Crippen molar-refractivity contribution in [1.29, 1.82) is 0 Å². The molecule has 5 nitrogen and oxygen atoms in total. The van der Waals surface area contributed by atoms with Crippen molar-refractivity contribution in [2.24, 2.45) is 7.05 Å². The lowest BCUT2D eigenvalue weighted by atomic mass is 10.2. The quantitative estimate of drug-likeness (QED) is 0.916. The number of amides is 1. The lowest BCUT2D eigenvalue weighted by Crippen LogP contribution is -2.40. The molecule has 2 heterocycles. The molecule has 0 atom stereocenters. The lowest BCUT2D eigenvalue weighted by Gasteiger charge is -2.16. The van der Waals surface area contributed by atoms with Crippen molar-refractivity contribution >= 4 is 17.5 Å². The number of hydrazine groups is 1. The first kappa shape index (κ1) is 13.2. The van der Waals surface area contributed by atoms with E-state index >= 15 is 0 Å². The van der Waals surface area contributed by atoms with Gasteiger partial charge in [-0.1, -0.05) is 11.6 Å². The number of nitrogens with one attached hydrogen (secondary N) is 1. The molecule has 0 unspecified atom stereocenters. The second kappa shape index (κ2) is 5.19. The first-order chi connectivity index (χ1) is 8.50. The molecule has 1 aliphatic rings. The number of nitrogens with zero attached hydrogens (tertiary/aromatic N) is 3. The Morgan fingerprint density at radius 1 is 1.44 bits per heavy atom. The number of aryl methyl sites for hydroxylation is 1. The van der Waals surface area contributed by atoms with E-state index in [-0.39, 0.29) is 10.7 Å². The zero-order chi connectivity index (χ0) is 13.3. The Morgan fingerprint density at radius 2 is 2.06 bits per heavy atom. The van der Waals surface area contributed by atoms with E-state index in [0.717, 1.165) is 17.5 Å². The van der Waals surface area contributed by atoms with Crippen LogP contribution in [0.4, 0.5) is 8.78 Å². The van der Waals surface area contributed by atoms with E-state index in [1.807, 2.05) is 0 Å². The summed E-state index contributed by atoms with van der Waals surface area (Å²) < 4.78 is 26.6. The minimum Gasteiger partial charge on any atom is -0.285 e. The molecule has 1 saturated heterocycles. The molecule has 2 rings (SSSR count). The maximum absolute atomic E-state index is 12.8. The van der Waals surface area contributed by atoms with Crippen molar-refractivity contribution in [2.75, 3.05) is 13.1 Å². The van der Waals surface area contributed by atoms with E-state index in [1.54, 1.807) is 5.01 Å². The lowest BCUT2D eigenvalue weighted by molar-refractivity contribution is 0.0813. The summed E-state index contributed by atoms with van der Waals surface area (Å²) in [5.41, 5.74) is 1.73. The Kier molecular flexibility index (Phi) is 3.82. The molecular weight excluding hydrogens is 266 g/mol. The van der Waals surface area contributed by atoms with Crippen LogP contribution in [0, 0.1) is 0 Å². The predicted molar refractivity (Wildman–Crippen MR) is 61.4 cm³/mol. The second-order valence-electron chi connectivity index (χ2n) is 4.11. The number of hydrogen-bond acceptors (Lipinski definition) is 3. The standard InChI is InChI=1S/C10H13ClF2N4O/c1-16-8(11)6(7(14-16)9(12)13)10(18)15-17-4-2-3-5-17/h9H,2-5H2,1H3,(H,15,18). The van der Waals surface area contributed by atoms with Crippen LogP contribution in [-0.2, 0) is 7.05 Å². The highest BCUT2D eigenvalue weighted by Gasteiger charge is 2.28. The summed E-state index contributed by atoms with van der Waals surface area (Å²) in [6, 6.07) is 0. The first-order valence-corrected chi connectivity index (χ1v) is 5.95. The number of carbonyl (C=O) groups excluding carboxylic acids is 1. The zero-order valence-electron chi connectivity index (χ0n) is 9.79. The number of halogens is 3. The van der Waals surface area contributed by atoms with Crippen molar-refractivity contribution < 1.29 is 13.6 Å². The van der Waals surface area contributed by atoms with Gasteiger partial charge in [0.05, 0.1) is 0 Å². The van der Waals surface area contributed by atoms with Crippen LogP contribution in [0.25, 0.3) is 0 Å². The second-order valence-corrected chi connectivity index (χ2v) is 4.47. The van der Waals surface area contributed by atoms with Gasteiger partial charge in [-0.3, -0.25) is 14.9 Å². The Bertz CT molecular complexity index is 457. The molecule has 1 fully saturated rings. The number of hydrogen-bond donors (Lipinski definition) is 1. The summed E-state index contributed by atoms with van der Waals surface area (Å²) in [6.07, 6.45) is -0.881. The summed E-state index contributed by atoms with van der Waals surface area (Å²) in [5, 5.41) is 5.17. The predicted octanol–water partition coefficient (Wildman–Crippen LogP) is 1.75. The van der Waals surface area contributed by atoms with E-state index in [9.17, 15) is 13.6 Å². The highest BCUT2D eigenvalue weighted by atomic mass is 35.5. The molecule has 8 heteroatoms. The highest BCUT2D eigenvalue weighted by molar-refractivity contribution is 6.33. The van der Waals surface area contributed by atoms with Crippen LogP contribution in [0.2, 0.25) is 5.15 Å². The van der Waals surface area contributed by atoms with Gasteiger partial charge in [0.2, 0.25) is 0 Å². The summed E-state index contributed by atoms with van der Waals surface area (Å²) in [6.45, 7) is 1.43. The smallest absolute Gasteiger partial charge is 0.283 e. The first-order valence-electron chi connectivity index (χ1n) is 5.57. The average molecular weight is 279 g/mol. The van der Waals surface area contributed by atoms with Crippen LogP contribution in [0.3, 0.4) is 0 Å². The molecule has 0 bridgehead atoms. The van der Waals surface area contributed by atoms with Gasteiger partial charge in [-0.15, -0.1) is 0 Å². The van der Waals surface area contributed by atoms with Gasteiger partial charge in [0.15, 0.2) is 0 Å². The Hall–Kier alpha value is -1.21. The molecule has 1 aliphatic heterocycles. The van der Waals surface area contributed by atoms with Crippen LogP contribution in [-0.4, -0.2) is 33.8 Å². The van der Waals surface area contributed by atoms with Gasteiger partial charge in [-0.25, -0.2) is 13.8 Å². The fourth-order valence-electron chi connectivity index (χ4n) is 1.91. The zero-order valence-corrected chi connectivity index (χ0v) is 10.5. The topological polar surface area (TPSA) is 50.2 Å². The summed E-state index contributed by atoms with van der Waals surface area (Å²) in [7, 11) is 1.42. The van der Waals surface area contributed by atoms with Crippen LogP contribution in [0.1, 0.15) is 35.3 Å². The number of carbonyl (C=O) groups is 1. The largest absolute Gasteiger partial charge is 0.285 e. The van der Waals surface area contributed by atoms with Crippen LogP contribution in [0.5, 0.6) is 0 Å². The van der Waals surface area contributed by atoms with E-state index < -0.39 is 18.0 Å². The molecule has 0 saturated carbocycles. The third-order valence-electron chi connectivity index (χ3n) is 2.80. The SMILES string of the molecule is Cn1nc(C(F)F)c(C(=O)NN2CCCC2)c1Cl.